The minimum Gasteiger partial charge on any atom is -0.481 e. The smallest absolute Gasteiger partial charge is 0.311 e. The molecule has 2 heterocycles. The van der Waals surface area contributed by atoms with Crippen LogP contribution in [0.25, 0.3) is 0 Å². The Balaban J connectivity index is 1.81. The highest BCUT2D eigenvalue weighted by Gasteiger charge is 2.39. The van der Waals surface area contributed by atoms with Crippen LogP contribution in [-0.2, 0) is 9.59 Å². The van der Waals surface area contributed by atoms with Crippen LogP contribution in [0.2, 0.25) is 0 Å². The molecule has 2 aliphatic rings. The number of piperidine rings is 2. The van der Waals surface area contributed by atoms with Crippen LogP contribution in [0.4, 0.5) is 0 Å². The number of nitrogens with one attached hydrogen (secondary N) is 1. The Morgan fingerprint density at radius 2 is 2.20 bits per heavy atom. The lowest BCUT2D eigenvalue weighted by Crippen LogP contribution is -2.48. The third kappa shape index (κ3) is 3.72. The molecule has 0 aromatic rings. The van der Waals surface area contributed by atoms with Crippen LogP contribution in [0.5, 0.6) is 0 Å². The maximum atomic E-state index is 12.3. The predicted molar refractivity (Wildman–Crippen MR) is 76.4 cm³/mol. The van der Waals surface area contributed by atoms with Crippen molar-refractivity contribution in [3.63, 3.8) is 0 Å². The SMILES string of the molecule is CC1(C(=O)O)CCCN(C(=O)CCC2CCCNC2)C1. The Hall–Kier alpha value is -1.10. The summed E-state index contributed by atoms with van der Waals surface area (Å²) < 4.78 is 0. The Kier molecular flexibility index (Phi) is 5.02. The summed E-state index contributed by atoms with van der Waals surface area (Å²) >= 11 is 0. The van der Waals surface area contributed by atoms with Crippen LogP contribution in [0.15, 0.2) is 0 Å². The van der Waals surface area contributed by atoms with Gasteiger partial charge in [-0.1, -0.05) is 0 Å². The van der Waals surface area contributed by atoms with Crippen LogP contribution < -0.4 is 5.32 Å². The number of hydrogen-bond acceptors (Lipinski definition) is 3. The molecule has 0 radical (unpaired) electrons. The number of likely N-dealkylation sites (tertiary alicyclic amines) is 1. The fraction of sp³-hybridized carbons (Fsp3) is 0.867. The van der Waals surface area contributed by atoms with Crippen molar-refractivity contribution in [1.82, 2.24) is 10.2 Å². The summed E-state index contributed by atoms with van der Waals surface area (Å²) in [5.74, 6) is -0.0578. The van der Waals surface area contributed by atoms with Crippen LogP contribution in [0.1, 0.15) is 45.4 Å². The Bertz CT molecular complexity index is 366. The van der Waals surface area contributed by atoms with Crippen LogP contribution in [0.3, 0.4) is 0 Å². The minimum atomic E-state index is -0.786. The molecular weight excluding hydrogens is 256 g/mol. The maximum absolute atomic E-state index is 12.3. The number of aliphatic carboxylic acids is 1. The largest absolute Gasteiger partial charge is 0.481 e. The van der Waals surface area contributed by atoms with Crippen molar-refractivity contribution in [1.29, 1.82) is 0 Å². The Labute approximate surface area is 120 Å². The van der Waals surface area contributed by atoms with E-state index in [1.807, 2.05) is 0 Å². The molecule has 0 saturated carbocycles. The van der Waals surface area contributed by atoms with Crippen molar-refractivity contribution in [2.75, 3.05) is 26.2 Å². The van der Waals surface area contributed by atoms with Crippen molar-refractivity contribution in [2.45, 2.75) is 45.4 Å². The van der Waals surface area contributed by atoms with Gasteiger partial charge in [0.25, 0.3) is 0 Å². The van der Waals surface area contributed by atoms with E-state index in [2.05, 4.69) is 5.32 Å². The standard InChI is InChI=1S/C15H26N2O3/c1-15(14(19)20)7-3-9-17(11-15)13(18)6-5-12-4-2-8-16-10-12/h12,16H,2-11H2,1H3,(H,19,20). The highest BCUT2D eigenvalue weighted by atomic mass is 16.4. The predicted octanol–water partition coefficient (Wildman–Crippen LogP) is 1.48. The first-order chi connectivity index (χ1) is 9.51. The van der Waals surface area contributed by atoms with Crippen LogP contribution in [-0.4, -0.2) is 48.1 Å². The van der Waals surface area contributed by atoms with E-state index in [0.717, 1.165) is 25.9 Å². The van der Waals surface area contributed by atoms with Gasteiger partial charge >= 0.3 is 5.97 Å². The highest BCUT2D eigenvalue weighted by Crippen LogP contribution is 2.30. The number of carboxylic acid groups (broad SMARTS) is 1. The van der Waals surface area contributed by atoms with Gasteiger partial charge in [-0.2, -0.15) is 0 Å². The summed E-state index contributed by atoms with van der Waals surface area (Å²) in [6.07, 6.45) is 5.33. The van der Waals surface area contributed by atoms with Gasteiger partial charge in [0.2, 0.25) is 5.91 Å². The van der Waals surface area contributed by atoms with E-state index in [1.165, 1.54) is 12.8 Å². The van der Waals surface area contributed by atoms with Gasteiger partial charge in [-0.05, 0) is 58.0 Å². The second-order valence-electron chi connectivity index (χ2n) is 6.54. The average molecular weight is 282 g/mol. The van der Waals surface area contributed by atoms with E-state index in [0.29, 0.717) is 31.8 Å². The van der Waals surface area contributed by atoms with Crippen LogP contribution in [0, 0.1) is 11.3 Å². The second-order valence-corrected chi connectivity index (χ2v) is 6.54. The molecule has 2 atom stereocenters. The van der Waals surface area contributed by atoms with Gasteiger partial charge in [-0.15, -0.1) is 0 Å². The lowest BCUT2D eigenvalue weighted by atomic mass is 9.82. The molecule has 0 aromatic carbocycles. The van der Waals surface area contributed by atoms with E-state index in [9.17, 15) is 14.7 Å². The molecule has 2 rings (SSSR count). The van der Waals surface area contributed by atoms with E-state index < -0.39 is 11.4 Å². The first-order valence-electron chi connectivity index (χ1n) is 7.73. The normalized spacial score (nSPS) is 31.1. The lowest BCUT2D eigenvalue weighted by molar-refractivity contribution is -0.153. The molecule has 0 aromatic heterocycles. The number of hydrogen-bond donors (Lipinski definition) is 2. The Morgan fingerprint density at radius 1 is 1.40 bits per heavy atom. The molecule has 0 spiro atoms. The molecule has 114 valence electrons. The van der Waals surface area contributed by atoms with E-state index in [1.54, 1.807) is 11.8 Å². The summed E-state index contributed by atoms with van der Waals surface area (Å²) in [4.78, 5) is 25.3. The number of carbonyl (C=O) groups excluding carboxylic acids is 1. The summed E-state index contributed by atoms with van der Waals surface area (Å²) in [6, 6.07) is 0. The van der Waals surface area contributed by atoms with Crippen LogP contribution >= 0.6 is 0 Å². The highest BCUT2D eigenvalue weighted by molar-refractivity contribution is 5.79. The van der Waals surface area contributed by atoms with E-state index >= 15 is 0 Å². The molecule has 2 saturated heterocycles. The molecule has 0 aliphatic carbocycles. The molecule has 1 amide bonds. The molecular formula is C15H26N2O3. The monoisotopic (exact) mass is 282 g/mol. The zero-order valence-electron chi connectivity index (χ0n) is 12.4. The molecule has 0 bridgehead atoms. The fourth-order valence-electron chi connectivity index (χ4n) is 3.28. The maximum Gasteiger partial charge on any atom is 0.311 e. The van der Waals surface area contributed by atoms with Gasteiger partial charge in [0, 0.05) is 19.5 Å². The summed E-state index contributed by atoms with van der Waals surface area (Å²) in [5.41, 5.74) is -0.764. The zero-order chi connectivity index (χ0) is 14.6. The van der Waals surface area contributed by atoms with Gasteiger partial charge in [-0.25, -0.2) is 0 Å². The number of carbonyl (C=O) groups is 2. The third-order valence-corrected chi connectivity index (χ3v) is 4.73. The molecule has 2 N–H and O–H groups in total. The third-order valence-electron chi connectivity index (χ3n) is 4.73. The van der Waals surface area contributed by atoms with Crippen molar-refractivity contribution < 1.29 is 14.7 Å². The van der Waals surface area contributed by atoms with Crippen molar-refractivity contribution in [3.05, 3.63) is 0 Å². The van der Waals surface area contributed by atoms with Gasteiger partial charge in [0.1, 0.15) is 0 Å². The van der Waals surface area contributed by atoms with Gasteiger partial charge in [0.05, 0.1) is 5.41 Å². The summed E-state index contributed by atoms with van der Waals surface area (Å²) in [5, 5.41) is 12.6. The number of rotatable bonds is 4. The van der Waals surface area contributed by atoms with Crippen molar-refractivity contribution >= 4 is 11.9 Å². The molecule has 2 aliphatic heterocycles. The molecule has 2 unspecified atom stereocenters. The number of amides is 1. The van der Waals surface area contributed by atoms with E-state index in [-0.39, 0.29) is 5.91 Å². The van der Waals surface area contributed by atoms with E-state index in [4.69, 9.17) is 0 Å². The average Bonchev–Trinajstić information content (AvgIpc) is 2.46. The summed E-state index contributed by atoms with van der Waals surface area (Å²) in [6.45, 7) is 4.93. The fourth-order valence-corrected chi connectivity index (χ4v) is 3.28. The molecule has 2 fully saturated rings. The number of carboxylic acids is 1. The molecule has 5 heteroatoms. The van der Waals surface area contributed by atoms with Crippen molar-refractivity contribution in [3.8, 4) is 0 Å². The zero-order valence-corrected chi connectivity index (χ0v) is 12.4. The quantitative estimate of drug-likeness (QED) is 0.819. The number of nitrogens with zero attached hydrogens (tertiary/aromatic N) is 1. The molecule has 5 nitrogen and oxygen atoms in total. The van der Waals surface area contributed by atoms with Crippen molar-refractivity contribution in [2.24, 2.45) is 11.3 Å². The first-order valence-corrected chi connectivity index (χ1v) is 7.73. The van der Waals surface area contributed by atoms with Gasteiger partial charge in [0.15, 0.2) is 0 Å². The summed E-state index contributed by atoms with van der Waals surface area (Å²) in [7, 11) is 0. The molecule has 20 heavy (non-hydrogen) atoms. The minimum absolute atomic E-state index is 0.128. The van der Waals surface area contributed by atoms with Gasteiger partial charge < -0.3 is 15.3 Å². The van der Waals surface area contributed by atoms with Gasteiger partial charge in [-0.3, -0.25) is 9.59 Å². The lowest BCUT2D eigenvalue weighted by Gasteiger charge is -2.37. The first kappa shape index (κ1) is 15.3. The topological polar surface area (TPSA) is 69.6 Å². The second kappa shape index (κ2) is 6.57. The Morgan fingerprint density at radius 3 is 2.85 bits per heavy atom.